The van der Waals surface area contributed by atoms with Crippen molar-refractivity contribution >= 4 is 5.69 Å². The lowest BCUT2D eigenvalue weighted by atomic mass is 9.75. The lowest BCUT2D eigenvalue weighted by Gasteiger charge is -2.37. The SMILES string of the molecule is Cc1ccnc(OC2CC(C)CCC2C(C)C)c1N. The minimum absolute atomic E-state index is 0.250. The van der Waals surface area contributed by atoms with Crippen molar-refractivity contribution in [1.29, 1.82) is 0 Å². The average molecular weight is 262 g/mol. The van der Waals surface area contributed by atoms with Gasteiger partial charge >= 0.3 is 0 Å². The van der Waals surface area contributed by atoms with E-state index in [2.05, 4.69) is 25.8 Å². The van der Waals surface area contributed by atoms with Crippen LogP contribution in [-0.2, 0) is 0 Å². The fraction of sp³-hybridized carbons (Fsp3) is 0.688. The highest BCUT2D eigenvalue weighted by Gasteiger charge is 2.32. The molecule has 0 radical (unpaired) electrons. The molecule has 1 heterocycles. The number of aromatic nitrogens is 1. The predicted octanol–water partition coefficient (Wildman–Crippen LogP) is 3.81. The zero-order chi connectivity index (χ0) is 14.0. The van der Waals surface area contributed by atoms with Crippen molar-refractivity contribution in [1.82, 2.24) is 4.98 Å². The van der Waals surface area contributed by atoms with Crippen LogP contribution in [0.1, 0.15) is 45.6 Å². The van der Waals surface area contributed by atoms with E-state index in [1.807, 2.05) is 13.0 Å². The molecular weight excluding hydrogens is 236 g/mol. The predicted molar refractivity (Wildman–Crippen MR) is 79.1 cm³/mol. The first-order chi connectivity index (χ1) is 8.99. The highest BCUT2D eigenvalue weighted by atomic mass is 16.5. The Morgan fingerprint density at radius 1 is 1.37 bits per heavy atom. The Kier molecular flexibility index (Phi) is 4.33. The van der Waals surface area contributed by atoms with E-state index in [-0.39, 0.29) is 6.10 Å². The topological polar surface area (TPSA) is 48.1 Å². The smallest absolute Gasteiger partial charge is 0.237 e. The molecule has 3 heteroatoms. The minimum Gasteiger partial charge on any atom is -0.473 e. The standard InChI is InChI=1S/C16H26N2O/c1-10(2)13-6-5-11(3)9-14(13)19-16-15(17)12(4)7-8-18-16/h7-8,10-11,13-14H,5-6,9,17H2,1-4H3. The van der Waals surface area contributed by atoms with Gasteiger partial charge in [0.15, 0.2) is 0 Å². The van der Waals surface area contributed by atoms with Crippen molar-refractivity contribution in [2.24, 2.45) is 17.8 Å². The van der Waals surface area contributed by atoms with Crippen LogP contribution in [0, 0.1) is 24.7 Å². The summed E-state index contributed by atoms with van der Waals surface area (Å²) in [6.07, 6.45) is 5.69. The van der Waals surface area contributed by atoms with E-state index in [0.717, 1.165) is 17.9 Å². The van der Waals surface area contributed by atoms with Crippen LogP contribution in [0.15, 0.2) is 12.3 Å². The van der Waals surface area contributed by atoms with Gasteiger partial charge in [-0.3, -0.25) is 0 Å². The Hall–Kier alpha value is -1.25. The summed E-state index contributed by atoms with van der Waals surface area (Å²) >= 11 is 0. The Morgan fingerprint density at radius 3 is 2.79 bits per heavy atom. The Bertz CT molecular complexity index is 431. The van der Waals surface area contributed by atoms with Gasteiger partial charge in [0.25, 0.3) is 0 Å². The quantitative estimate of drug-likeness (QED) is 0.901. The largest absolute Gasteiger partial charge is 0.473 e. The van der Waals surface area contributed by atoms with Gasteiger partial charge < -0.3 is 10.5 Å². The molecular formula is C16H26N2O. The molecule has 0 bridgehead atoms. The molecule has 19 heavy (non-hydrogen) atoms. The van der Waals surface area contributed by atoms with E-state index in [4.69, 9.17) is 10.5 Å². The summed E-state index contributed by atoms with van der Waals surface area (Å²) in [7, 11) is 0. The van der Waals surface area contributed by atoms with Crippen molar-refractivity contribution in [2.45, 2.75) is 53.1 Å². The third kappa shape index (κ3) is 3.20. The Morgan fingerprint density at radius 2 is 2.11 bits per heavy atom. The van der Waals surface area contributed by atoms with Gasteiger partial charge in [0.2, 0.25) is 5.88 Å². The van der Waals surface area contributed by atoms with Crippen LogP contribution >= 0.6 is 0 Å². The molecule has 1 aromatic heterocycles. The second-order valence-corrected chi connectivity index (χ2v) is 6.33. The van der Waals surface area contributed by atoms with Crippen LogP contribution in [0.5, 0.6) is 5.88 Å². The van der Waals surface area contributed by atoms with Crippen molar-refractivity contribution in [3.8, 4) is 5.88 Å². The summed E-state index contributed by atoms with van der Waals surface area (Å²) in [5.41, 5.74) is 7.79. The number of hydrogen-bond donors (Lipinski definition) is 1. The fourth-order valence-corrected chi connectivity index (χ4v) is 3.03. The third-order valence-corrected chi connectivity index (χ3v) is 4.40. The zero-order valence-electron chi connectivity index (χ0n) is 12.5. The van der Waals surface area contributed by atoms with Crippen LogP contribution in [0.3, 0.4) is 0 Å². The first-order valence-electron chi connectivity index (χ1n) is 7.36. The van der Waals surface area contributed by atoms with E-state index in [1.54, 1.807) is 6.20 Å². The second kappa shape index (κ2) is 5.81. The number of ether oxygens (including phenoxy) is 1. The number of aryl methyl sites for hydroxylation is 1. The van der Waals surface area contributed by atoms with E-state index in [1.165, 1.54) is 12.8 Å². The molecule has 1 fully saturated rings. The third-order valence-electron chi connectivity index (χ3n) is 4.40. The highest BCUT2D eigenvalue weighted by molar-refractivity contribution is 5.53. The second-order valence-electron chi connectivity index (χ2n) is 6.33. The van der Waals surface area contributed by atoms with Gasteiger partial charge in [-0.1, -0.05) is 27.2 Å². The lowest BCUT2D eigenvalue weighted by Crippen LogP contribution is -2.36. The summed E-state index contributed by atoms with van der Waals surface area (Å²) < 4.78 is 6.18. The number of rotatable bonds is 3. The number of nitrogen functional groups attached to an aromatic ring is 1. The van der Waals surface area contributed by atoms with Crippen LogP contribution < -0.4 is 10.5 Å². The lowest BCUT2D eigenvalue weighted by molar-refractivity contribution is 0.0432. The van der Waals surface area contributed by atoms with E-state index >= 15 is 0 Å². The molecule has 1 saturated carbocycles. The molecule has 106 valence electrons. The molecule has 0 amide bonds. The zero-order valence-corrected chi connectivity index (χ0v) is 12.5. The van der Waals surface area contributed by atoms with Gasteiger partial charge in [0.05, 0.1) is 5.69 Å². The molecule has 3 atom stereocenters. The normalized spacial score (nSPS) is 27.5. The van der Waals surface area contributed by atoms with Gasteiger partial charge in [-0.05, 0) is 49.1 Å². The maximum atomic E-state index is 6.18. The van der Waals surface area contributed by atoms with Gasteiger partial charge in [-0.15, -0.1) is 0 Å². The molecule has 3 unspecified atom stereocenters. The first kappa shape index (κ1) is 14.2. The van der Waals surface area contributed by atoms with Crippen molar-refractivity contribution in [3.63, 3.8) is 0 Å². The summed E-state index contributed by atoms with van der Waals surface area (Å²) in [4.78, 5) is 4.30. The number of pyridine rings is 1. The van der Waals surface area contributed by atoms with Gasteiger partial charge in [0.1, 0.15) is 6.10 Å². The van der Waals surface area contributed by atoms with Crippen LogP contribution in [0.4, 0.5) is 5.69 Å². The van der Waals surface area contributed by atoms with Gasteiger partial charge in [-0.25, -0.2) is 4.98 Å². The van der Waals surface area contributed by atoms with Gasteiger partial charge in [-0.2, -0.15) is 0 Å². The molecule has 3 nitrogen and oxygen atoms in total. The first-order valence-corrected chi connectivity index (χ1v) is 7.36. The summed E-state index contributed by atoms with van der Waals surface area (Å²) in [5.74, 6) is 2.59. The average Bonchev–Trinajstić information content (AvgIpc) is 2.35. The number of hydrogen-bond acceptors (Lipinski definition) is 3. The maximum absolute atomic E-state index is 6.18. The molecule has 2 rings (SSSR count). The van der Waals surface area contributed by atoms with E-state index < -0.39 is 0 Å². The van der Waals surface area contributed by atoms with Gasteiger partial charge in [0, 0.05) is 6.20 Å². The number of nitrogens with two attached hydrogens (primary N) is 1. The number of anilines is 1. The molecule has 1 aromatic rings. The summed E-state index contributed by atoms with van der Waals surface area (Å²) in [5, 5.41) is 0. The van der Waals surface area contributed by atoms with Crippen molar-refractivity contribution in [2.75, 3.05) is 5.73 Å². The monoisotopic (exact) mass is 262 g/mol. The molecule has 0 aromatic carbocycles. The molecule has 0 spiro atoms. The molecule has 1 aliphatic rings. The molecule has 1 aliphatic carbocycles. The minimum atomic E-state index is 0.250. The summed E-state index contributed by atoms with van der Waals surface area (Å²) in [6, 6.07) is 1.92. The Labute approximate surface area is 116 Å². The molecule has 0 saturated heterocycles. The molecule has 2 N–H and O–H groups in total. The number of nitrogens with zero attached hydrogens (tertiary/aromatic N) is 1. The molecule has 0 aliphatic heterocycles. The van der Waals surface area contributed by atoms with Crippen LogP contribution in [0.25, 0.3) is 0 Å². The maximum Gasteiger partial charge on any atom is 0.237 e. The highest BCUT2D eigenvalue weighted by Crippen LogP contribution is 2.36. The fourth-order valence-electron chi connectivity index (χ4n) is 3.03. The van der Waals surface area contributed by atoms with Crippen molar-refractivity contribution < 1.29 is 4.74 Å². The Balaban J connectivity index is 2.16. The van der Waals surface area contributed by atoms with E-state index in [9.17, 15) is 0 Å². The summed E-state index contributed by atoms with van der Waals surface area (Å²) in [6.45, 7) is 8.86. The van der Waals surface area contributed by atoms with E-state index in [0.29, 0.717) is 23.4 Å². The van der Waals surface area contributed by atoms with Crippen LogP contribution in [-0.4, -0.2) is 11.1 Å². The van der Waals surface area contributed by atoms with Crippen LogP contribution in [0.2, 0.25) is 0 Å². The van der Waals surface area contributed by atoms with Crippen molar-refractivity contribution in [3.05, 3.63) is 17.8 Å².